The highest BCUT2D eigenvalue weighted by Gasteiger charge is 2.11. The Balaban J connectivity index is 1.21. The normalized spacial score (nSPS) is 11.2. The zero-order valence-electron chi connectivity index (χ0n) is 15.2. The number of carbonyl (C=O) groups excluding carboxylic acids is 1. The van der Waals surface area contributed by atoms with Crippen LogP contribution in [0.3, 0.4) is 0 Å². The summed E-state index contributed by atoms with van der Waals surface area (Å²) in [5.41, 5.74) is 3.23. The molecule has 5 heterocycles. The summed E-state index contributed by atoms with van der Waals surface area (Å²) >= 11 is 3.20. The van der Waals surface area contributed by atoms with Crippen molar-refractivity contribution in [1.82, 2.24) is 24.1 Å². The molecule has 0 aliphatic heterocycles. The molecule has 144 valence electrons. The lowest BCUT2D eigenvalue weighted by molar-refractivity contribution is -0.115. The summed E-state index contributed by atoms with van der Waals surface area (Å²) in [7, 11) is 0. The van der Waals surface area contributed by atoms with E-state index in [1.54, 1.807) is 39.7 Å². The Hall–Kier alpha value is -3.30. The second kappa shape index (κ2) is 7.61. The Morgan fingerprint density at radius 1 is 1.07 bits per heavy atom. The van der Waals surface area contributed by atoms with E-state index in [0.29, 0.717) is 12.2 Å². The van der Waals surface area contributed by atoms with E-state index < -0.39 is 0 Å². The lowest BCUT2D eigenvalue weighted by Crippen LogP contribution is -2.14. The van der Waals surface area contributed by atoms with Crippen LogP contribution in [-0.4, -0.2) is 30.1 Å². The van der Waals surface area contributed by atoms with E-state index in [2.05, 4.69) is 20.4 Å². The minimum Gasteiger partial charge on any atom is -0.323 e. The highest BCUT2D eigenvalue weighted by molar-refractivity contribution is 7.20. The number of fused-ring (bicyclic) bond motifs is 1. The number of nitrogens with one attached hydrogen (secondary N) is 1. The van der Waals surface area contributed by atoms with Crippen LogP contribution in [-0.2, 0) is 17.8 Å². The van der Waals surface area contributed by atoms with Crippen LogP contribution < -0.4 is 5.32 Å². The summed E-state index contributed by atoms with van der Waals surface area (Å²) in [5.74, 6) is -0.111. The van der Waals surface area contributed by atoms with Gasteiger partial charge in [0.25, 0.3) is 0 Å². The van der Waals surface area contributed by atoms with Crippen LogP contribution in [0.5, 0.6) is 0 Å². The Bertz CT molecular complexity index is 1230. The highest BCUT2D eigenvalue weighted by Crippen LogP contribution is 2.28. The average Bonchev–Trinajstić information content (AvgIpc) is 3.49. The zero-order valence-corrected chi connectivity index (χ0v) is 16.9. The molecular formula is C20H16N6OS2. The molecule has 5 aromatic rings. The third kappa shape index (κ3) is 3.96. The molecular weight excluding hydrogens is 404 g/mol. The third-order valence-corrected chi connectivity index (χ3v) is 6.21. The zero-order chi connectivity index (χ0) is 19.6. The lowest BCUT2D eigenvalue weighted by Gasteiger charge is -2.00. The molecule has 29 heavy (non-hydrogen) atoms. The Labute approximate surface area is 174 Å². The molecule has 5 rings (SSSR count). The number of aromatic nitrogens is 5. The summed E-state index contributed by atoms with van der Waals surface area (Å²) < 4.78 is 3.73. The van der Waals surface area contributed by atoms with E-state index in [-0.39, 0.29) is 12.3 Å². The van der Waals surface area contributed by atoms with Gasteiger partial charge in [0.2, 0.25) is 5.91 Å². The van der Waals surface area contributed by atoms with Crippen LogP contribution in [0.4, 0.5) is 5.69 Å². The molecule has 0 aromatic carbocycles. The number of imidazole rings is 1. The van der Waals surface area contributed by atoms with Gasteiger partial charge in [0.05, 0.1) is 41.1 Å². The summed E-state index contributed by atoms with van der Waals surface area (Å²) in [5, 5.41) is 12.1. The van der Waals surface area contributed by atoms with Crippen molar-refractivity contribution in [1.29, 1.82) is 0 Å². The van der Waals surface area contributed by atoms with Gasteiger partial charge in [-0.15, -0.1) is 22.7 Å². The van der Waals surface area contributed by atoms with Crippen LogP contribution in [0.1, 0.15) is 11.4 Å². The first kappa shape index (κ1) is 17.8. The van der Waals surface area contributed by atoms with Crippen molar-refractivity contribution in [2.24, 2.45) is 0 Å². The minimum atomic E-state index is -0.111. The molecule has 0 fully saturated rings. The standard InChI is InChI=1S/C20H16N6OS2/c27-19(8-14-13-29-20(24-14)17-4-3-7-28-17)23-15-9-21-26(11-15)12-16-10-25-6-2-1-5-18(25)22-16/h1-7,9-11,13H,8,12H2,(H,23,27). The number of carbonyl (C=O) groups is 1. The molecule has 1 N–H and O–H groups in total. The first-order chi connectivity index (χ1) is 14.2. The number of rotatable bonds is 6. The number of thiazole rings is 1. The Kier molecular flexibility index (Phi) is 4.66. The largest absolute Gasteiger partial charge is 0.323 e. The molecule has 0 bridgehead atoms. The van der Waals surface area contributed by atoms with E-state index in [1.165, 1.54) is 0 Å². The monoisotopic (exact) mass is 420 g/mol. The SMILES string of the molecule is O=C(Cc1csc(-c2cccs2)n1)Nc1cnn(Cc2cn3ccccc3n2)c1. The maximum absolute atomic E-state index is 12.4. The minimum absolute atomic E-state index is 0.111. The molecule has 0 saturated carbocycles. The quantitative estimate of drug-likeness (QED) is 0.451. The van der Waals surface area contributed by atoms with Crippen LogP contribution >= 0.6 is 22.7 Å². The molecule has 0 radical (unpaired) electrons. The van der Waals surface area contributed by atoms with Gasteiger partial charge in [-0.2, -0.15) is 5.10 Å². The molecule has 0 aliphatic rings. The van der Waals surface area contributed by atoms with Crippen LogP contribution in [0.2, 0.25) is 0 Å². The molecule has 7 nitrogen and oxygen atoms in total. The summed E-state index contributed by atoms with van der Waals surface area (Å²) in [6.45, 7) is 0.536. The van der Waals surface area contributed by atoms with E-state index in [1.807, 2.05) is 57.9 Å². The second-order valence-corrected chi connectivity index (χ2v) is 8.28. The maximum atomic E-state index is 12.4. The van der Waals surface area contributed by atoms with Gasteiger partial charge in [0.15, 0.2) is 0 Å². The molecule has 0 spiro atoms. The van der Waals surface area contributed by atoms with Gasteiger partial charge in [-0.05, 0) is 23.6 Å². The lowest BCUT2D eigenvalue weighted by atomic mass is 10.3. The first-order valence-corrected chi connectivity index (χ1v) is 10.7. The molecule has 1 amide bonds. The Morgan fingerprint density at radius 3 is 2.90 bits per heavy atom. The number of pyridine rings is 1. The maximum Gasteiger partial charge on any atom is 0.230 e. The molecule has 9 heteroatoms. The van der Waals surface area contributed by atoms with Gasteiger partial charge >= 0.3 is 0 Å². The smallest absolute Gasteiger partial charge is 0.230 e. The number of amides is 1. The van der Waals surface area contributed by atoms with Crippen LogP contribution in [0.25, 0.3) is 15.5 Å². The number of thiophene rings is 1. The average molecular weight is 421 g/mol. The fourth-order valence-corrected chi connectivity index (χ4v) is 4.65. The van der Waals surface area contributed by atoms with Gasteiger partial charge < -0.3 is 9.72 Å². The first-order valence-electron chi connectivity index (χ1n) is 8.96. The molecule has 0 unspecified atom stereocenters. The van der Waals surface area contributed by atoms with Crippen LogP contribution in [0.15, 0.2) is 65.9 Å². The predicted molar refractivity (Wildman–Crippen MR) is 114 cm³/mol. The van der Waals surface area contributed by atoms with Crippen molar-refractivity contribution in [2.45, 2.75) is 13.0 Å². The summed E-state index contributed by atoms with van der Waals surface area (Å²) in [6, 6.07) is 9.91. The van der Waals surface area contributed by atoms with Crippen molar-refractivity contribution in [3.05, 3.63) is 77.3 Å². The van der Waals surface area contributed by atoms with Gasteiger partial charge in [0, 0.05) is 24.0 Å². The van der Waals surface area contributed by atoms with Gasteiger partial charge in [-0.25, -0.2) is 9.97 Å². The van der Waals surface area contributed by atoms with Crippen molar-refractivity contribution in [3.8, 4) is 9.88 Å². The number of hydrogen-bond donors (Lipinski definition) is 1. The van der Waals surface area contributed by atoms with Crippen LogP contribution in [0, 0.1) is 0 Å². The van der Waals surface area contributed by atoms with E-state index in [9.17, 15) is 4.79 Å². The summed E-state index contributed by atoms with van der Waals surface area (Å²) in [6.07, 6.45) is 7.62. The number of hydrogen-bond acceptors (Lipinski definition) is 6. The molecule has 0 saturated heterocycles. The highest BCUT2D eigenvalue weighted by atomic mass is 32.1. The summed E-state index contributed by atoms with van der Waals surface area (Å²) in [4.78, 5) is 22.6. The van der Waals surface area contributed by atoms with Crippen molar-refractivity contribution < 1.29 is 4.79 Å². The number of anilines is 1. The molecule has 0 aliphatic carbocycles. The predicted octanol–water partition coefficient (Wildman–Crippen LogP) is 3.95. The van der Waals surface area contributed by atoms with Gasteiger partial charge in [0.1, 0.15) is 10.7 Å². The Morgan fingerprint density at radius 2 is 2.03 bits per heavy atom. The van der Waals surface area contributed by atoms with Gasteiger partial charge in [-0.3, -0.25) is 9.48 Å². The fourth-order valence-electron chi connectivity index (χ4n) is 3.02. The van der Waals surface area contributed by atoms with E-state index in [4.69, 9.17) is 0 Å². The van der Waals surface area contributed by atoms with Gasteiger partial charge in [-0.1, -0.05) is 12.1 Å². The second-order valence-electron chi connectivity index (χ2n) is 6.47. The van der Waals surface area contributed by atoms with Crippen molar-refractivity contribution in [2.75, 3.05) is 5.32 Å². The fraction of sp³-hybridized carbons (Fsp3) is 0.100. The third-order valence-electron chi connectivity index (χ3n) is 4.28. The van der Waals surface area contributed by atoms with Crippen molar-refractivity contribution >= 4 is 39.9 Å². The number of nitrogens with zero attached hydrogens (tertiary/aromatic N) is 5. The topological polar surface area (TPSA) is 77.1 Å². The van der Waals surface area contributed by atoms with Crippen molar-refractivity contribution in [3.63, 3.8) is 0 Å². The molecule has 5 aromatic heterocycles. The van der Waals surface area contributed by atoms with E-state index in [0.717, 1.165) is 26.9 Å². The van der Waals surface area contributed by atoms with E-state index >= 15 is 0 Å². The molecule has 0 atom stereocenters.